The molecule has 0 spiro atoms. The van der Waals surface area contributed by atoms with Crippen molar-refractivity contribution in [3.8, 4) is 11.8 Å². The number of halogens is 3. The van der Waals surface area contributed by atoms with Crippen molar-refractivity contribution < 1.29 is 18.0 Å². The molecule has 3 heterocycles. The second-order valence-corrected chi connectivity index (χ2v) is 8.36. The number of carbonyl (C=O) groups excluding carboxylic acids is 1. The van der Waals surface area contributed by atoms with Crippen LogP contribution in [0.15, 0.2) is 61.2 Å². The van der Waals surface area contributed by atoms with Gasteiger partial charge in [-0.3, -0.25) is 19.7 Å². The van der Waals surface area contributed by atoms with Crippen LogP contribution < -0.4 is 5.32 Å². The third kappa shape index (κ3) is 6.66. The number of aromatic nitrogens is 2. The quantitative estimate of drug-likeness (QED) is 0.576. The van der Waals surface area contributed by atoms with E-state index in [-0.39, 0.29) is 23.4 Å². The van der Waals surface area contributed by atoms with E-state index in [1.54, 1.807) is 24.5 Å². The lowest BCUT2D eigenvalue weighted by Gasteiger charge is -2.33. The summed E-state index contributed by atoms with van der Waals surface area (Å²) in [5.41, 5.74) is 0.908. The highest BCUT2D eigenvalue weighted by atomic mass is 19.4. The lowest BCUT2D eigenvalue weighted by molar-refractivity contribution is -0.138. The van der Waals surface area contributed by atoms with E-state index in [0.29, 0.717) is 24.2 Å². The molecule has 1 aliphatic heterocycles. The van der Waals surface area contributed by atoms with Gasteiger partial charge in [-0.05, 0) is 42.9 Å². The van der Waals surface area contributed by atoms with Crippen LogP contribution in [-0.2, 0) is 12.7 Å². The molecule has 1 aromatic carbocycles. The van der Waals surface area contributed by atoms with E-state index < -0.39 is 17.6 Å². The lowest BCUT2D eigenvalue weighted by Crippen LogP contribution is -2.44. The summed E-state index contributed by atoms with van der Waals surface area (Å²) in [7, 11) is 1.99. The predicted octanol–water partition coefficient (Wildman–Crippen LogP) is 3.89. The van der Waals surface area contributed by atoms with Crippen molar-refractivity contribution in [2.24, 2.45) is 0 Å². The Morgan fingerprint density at radius 2 is 1.74 bits per heavy atom. The Morgan fingerprint density at radius 3 is 2.46 bits per heavy atom. The molecule has 1 saturated heterocycles. The molecule has 180 valence electrons. The Labute approximate surface area is 201 Å². The Balaban J connectivity index is 1.50. The van der Waals surface area contributed by atoms with Crippen LogP contribution in [0.25, 0.3) is 0 Å². The number of hydrogen-bond acceptors (Lipinski definition) is 5. The van der Waals surface area contributed by atoms with Gasteiger partial charge in [0.25, 0.3) is 5.91 Å². The van der Waals surface area contributed by atoms with Gasteiger partial charge >= 0.3 is 6.18 Å². The molecule has 1 amide bonds. The first-order valence-electron chi connectivity index (χ1n) is 11.1. The number of amides is 1. The highest BCUT2D eigenvalue weighted by Crippen LogP contribution is 2.34. The van der Waals surface area contributed by atoms with Crippen LogP contribution in [0.3, 0.4) is 0 Å². The second kappa shape index (κ2) is 10.7. The number of benzene rings is 1. The second-order valence-electron chi connectivity index (χ2n) is 8.36. The molecule has 6 nitrogen and oxygen atoms in total. The summed E-state index contributed by atoms with van der Waals surface area (Å²) in [5, 5.41) is 2.55. The molecule has 3 aromatic rings. The summed E-state index contributed by atoms with van der Waals surface area (Å²) in [6.45, 7) is 3.25. The molecule has 0 aliphatic carbocycles. The van der Waals surface area contributed by atoms with Crippen molar-refractivity contribution >= 4 is 11.6 Å². The third-order valence-electron chi connectivity index (χ3n) is 5.68. The fourth-order valence-corrected chi connectivity index (χ4v) is 3.72. The van der Waals surface area contributed by atoms with Crippen LogP contribution >= 0.6 is 0 Å². The van der Waals surface area contributed by atoms with Crippen molar-refractivity contribution in [3.05, 3.63) is 89.0 Å². The average Bonchev–Trinajstić information content (AvgIpc) is 2.85. The smallest absolute Gasteiger partial charge is 0.322 e. The van der Waals surface area contributed by atoms with Crippen molar-refractivity contribution in [2.45, 2.75) is 12.7 Å². The zero-order chi connectivity index (χ0) is 24.8. The van der Waals surface area contributed by atoms with Crippen LogP contribution in [0.2, 0.25) is 0 Å². The van der Waals surface area contributed by atoms with Crippen LogP contribution in [0.5, 0.6) is 0 Å². The molecule has 1 aliphatic rings. The van der Waals surface area contributed by atoms with Crippen molar-refractivity contribution in [2.75, 3.05) is 38.5 Å². The Bertz CT molecular complexity index is 1240. The summed E-state index contributed by atoms with van der Waals surface area (Å²) >= 11 is 0. The van der Waals surface area contributed by atoms with Crippen molar-refractivity contribution in [1.29, 1.82) is 0 Å². The van der Waals surface area contributed by atoms with Crippen LogP contribution in [-0.4, -0.2) is 58.9 Å². The van der Waals surface area contributed by atoms with Gasteiger partial charge in [0.15, 0.2) is 0 Å². The normalized spacial score (nSPS) is 14.7. The van der Waals surface area contributed by atoms with Crippen LogP contribution in [0.1, 0.15) is 32.6 Å². The zero-order valence-corrected chi connectivity index (χ0v) is 19.1. The van der Waals surface area contributed by atoms with Gasteiger partial charge in [0.2, 0.25) is 0 Å². The van der Waals surface area contributed by atoms with Gasteiger partial charge < -0.3 is 10.2 Å². The Hall–Kier alpha value is -3.74. The molecule has 0 radical (unpaired) electrons. The fourth-order valence-electron chi connectivity index (χ4n) is 3.72. The number of alkyl halides is 3. The van der Waals surface area contributed by atoms with E-state index >= 15 is 0 Å². The molecule has 1 N–H and O–H groups in total. The van der Waals surface area contributed by atoms with E-state index in [9.17, 15) is 18.0 Å². The van der Waals surface area contributed by atoms with Crippen molar-refractivity contribution in [3.63, 3.8) is 0 Å². The molecular formula is C26H24F3N5O. The predicted molar refractivity (Wildman–Crippen MR) is 127 cm³/mol. The third-order valence-corrected chi connectivity index (χ3v) is 5.68. The van der Waals surface area contributed by atoms with Gasteiger partial charge in [-0.1, -0.05) is 17.9 Å². The number of piperazine rings is 1. The highest BCUT2D eigenvalue weighted by Gasteiger charge is 2.34. The zero-order valence-electron chi connectivity index (χ0n) is 19.1. The van der Waals surface area contributed by atoms with Gasteiger partial charge in [-0.25, -0.2) is 0 Å². The average molecular weight is 480 g/mol. The molecule has 0 atom stereocenters. The van der Waals surface area contributed by atoms with Gasteiger partial charge in [0.05, 0.1) is 11.1 Å². The molecule has 1 fully saturated rings. The number of anilines is 1. The minimum Gasteiger partial charge on any atom is -0.322 e. The summed E-state index contributed by atoms with van der Waals surface area (Å²) in [6, 6.07) is 9.02. The van der Waals surface area contributed by atoms with E-state index in [4.69, 9.17) is 0 Å². The molecule has 0 unspecified atom stereocenters. The summed E-state index contributed by atoms with van der Waals surface area (Å²) in [5.74, 6) is 5.27. The molecule has 9 heteroatoms. The maximum atomic E-state index is 13.8. The monoisotopic (exact) mass is 479 g/mol. The maximum absolute atomic E-state index is 13.8. The van der Waals surface area contributed by atoms with Gasteiger partial charge in [-0.2, -0.15) is 13.2 Å². The highest BCUT2D eigenvalue weighted by molar-refractivity contribution is 6.04. The molecule has 2 aromatic heterocycles. The summed E-state index contributed by atoms with van der Waals surface area (Å²) in [4.78, 5) is 24.9. The fraction of sp³-hybridized carbons (Fsp3) is 0.269. The maximum Gasteiger partial charge on any atom is 0.416 e. The largest absolute Gasteiger partial charge is 0.416 e. The first kappa shape index (κ1) is 24.4. The number of carbonyl (C=O) groups is 1. The minimum atomic E-state index is -4.54. The molecule has 4 rings (SSSR count). The minimum absolute atomic E-state index is 0.0660. The van der Waals surface area contributed by atoms with Gasteiger partial charge in [-0.15, -0.1) is 0 Å². The molecule has 0 saturated carbocycles. The van der Waals surface area contributed by atoms with E-state index in [1.807, 2.05) is 11.9 Å². The number of pyridine rings is 2. The van der Waals surface area contributed by atoms with E-state index in [0.717, 1.165) is 19.2 Å². The standard InChI is InChI=1S/C26H24F3N5O/c1-33-9-11-34(12-10-33)18-21-6-7-23(14-24(21)26(27,28)29)32-25(35)22-13-20(16-31-17-22)5-4-19-3-2-8-30-15-19/h2-3,6-8,13-17H,9-12,18H2,1H3,(H,32,35). The Kier molecular flexibility index (Phi) is 7.44. The number of hydrogen-bond donors (Lipinski definition) is 1. The number of nitrogens with zero attached hydrogens (tertiary/aromatic N) is 4. The van der Waals surface area contributed by atoms with Gasteiger partial charge in [0, 0.05) is 74.3 Å². The molecular weight excluding hydrogens is 455 g/mol. The van der Waals surface area contributed by atoms with Crippen molar-refractivity contribution in [1.82, 2.24) is 19.8 Å². The summed E-state index contributed by atoms with van der Waals surface area (Å²) < 4.78 is 41.4. The Morgan fingerprint density at radius 1 is 1.00 bits per heavy atom. The first-order chi connectivity index (χ1) is 16.8. The number of rotatable bonds is 4. The summed E-state index contributed by atoms with van der Waals surface area (Å²) in [6.07, 6.45) is 1.57. The van der Waals surface area contributed by atoms with E-state index in [1.165, 1.54) is 30.6 Å². The van der Waals surface area contributed by atoms with Crippen LogP contribution in [0, 0.1) is 11.8 Å². The molecule has 35 heavy (non-hydrogen) atoms. The topological polar surface area (TPSA) is 61.4 Å². The number of likely N-dealkylation sites (N-methyl/N-ethyl adjacent to an activating group) is 1. The SMILES string of the molecule is CN1CCN(Cc2ccc(NC(=O)c3cncc(C#Cc4cccnc4)c3)cc2C(F)(F)F)CC1. The lowest BCUT2D eigenvalue weighted by atomic mass is 10.0. The van der Waals surface area contributed by atoms with Gasteiger partial charge in [0.1, 0.15) is 0 Å². The van der Waals surface area contributed by atoms with E-state index in [2.05, 4.69) is 32.0 Å². The molecule has 0 bridgehead atoms. The van der Waals surface area contributed by atoms with Crippen LogP contribution in [0.4, 0.5) is 18.9 Å². The number of nitrogens with one attached hydrogen (secondary N) is 1. The first-order valence-corrected chi connectivity index (χ1v) is 11.1.